The van der Waals surface area contributed by atoms with E-state index in [0.29, 0.717) is 12.8 Å². The molecule has 2 fully saturated rings. The number of hydrogen-bond acceptors (Lipinski definition) is 15. The number of carbonyl (C=O) groups excluding carboxylic acids is 6. The van der Waals surface area contributed by atoms with E-state index in [9.17, 15) is 77.4 Å². The number of phenols is 2. The van der Waals surface area contributed by atoms with Crippen molar-refractivity contribution < 1.29 is 91.6 Å². The molecule has 1 saturated carbocycles. The minimum Gasteiger partial charge on any atom is -0.507 e. The smallest absolute Gasteiger partial charge is 0.471 e. The van der Waals surface area contributed by atoms with Crippen molar-refractivity contribution in [2.45, 2.75) is 128 Å². The molecule has 0 bridgehead atoms. The zero-order valence-corrected chi connectivity index (χ0v) is 38.0. The van der Waals surface area contributed by atoms with E-state index in [2.05, 4.69) is 0 Å². The number of benzene rings is 2. The maximum absolute atomic E-state index is 15.0. The van der Waals surface area contributed by atoms with E-state index in [4.69, 9.17) is 14.2 Å². The molecule has 1 aliphatic heterocycles. The van der Waals surface area contributed by atoms with Gasteiger partial charge in [0.2, 0.25) is 17.6 Å². The Morgan fingerprint density at radius 2 is 1.52 bits per heavy atom. The monoisotopic (exact) mass is 948 g/mol. The molecule has 1 heterocycles. The third-order valence-electron chi connectivity index (χ3n) is 13.8. The van der Waals surface area contributed by atoms with Crippen molar-refractivity contribution in [1.29, 1.82) is 0 Å². The Labute approximate surface area is 382 Å². The number of ether oxygens (including phenoxy) is 3. The van der Waals surface area contributed by atoms with Gasteiger partial charge in [0, 0.05) is 60.4 Å². The van der Waals surface area contributed by atoms with E-state index >= 15 is 0 Å². The second-order valence-electron chi connectivity index (χ2n) is 19.1. The summed E-state index contributed by atoms with van der Waals surface area (Å²) in [4.78, 5) is 97.8. The number of halogens is 3. The number of fused-ring (bicyclic) bond motifs is 3. The summed E-state index contributed by atoms with van der Waals surface area (Å²) in [5, 5.41) is 67.2. The molecule has 2 aromatic carbocycles. The van der Waals surface area contributed by atoms with Crippen molar-refractivity contribution in [2.24, 2.45) is 16.2 Å². The number of alkyl halides is 3. The fourth-order valence-corrected chi connectivity index (χ4v) is 11.0. The molecule has 0 aromatic heterocycles. The summed E-state index contributed by atoms with van der Waals surface area (Å²) in [5.41, 5.74) is -11.2. The molecule has 6 rings (SSSR count). The highest BCUT2D eigenvalue weighted by Gasteiger charge is 2.62. The highest BCUT2D eigenvalue weighted by atomic mass is 19.4. The standard InChI is InChI=1S/C46H55F3N2O16/c1-8-9-13-50(6)38(59)42(3)18-43(4,20-44(5,19-42)41(62)63)39(60)51(40(61)46(47,48)49)24-14-28(66-21(2)33(24)54)67-26-16-45(64,27(53)17-52)15-23-30(26)37(58)32-31(35(23)56)34(55)22-11-10-12-25(65-7)29(22)36(32)57/h10-12,21,24,26,28,33,52,54,56,58,64H,8-9,13-20H2,1-7H3,(H,62,63)/t21?,24?,26-,28?,33?,42?,43?,44?,45-/m0/s1. The number of ketones is 3. The number of aliphatic carboxylic acids is 1. The lowest BCUT2D eigenvalue weighted by molar-refractivity contribution is -0.260. The number of carbonyl (C=O) groups is 7. The van der Waals surface area contributed by atoms with E-state index < -0.39 is 172 Å². The number of carboxylic acids is 1. The molecule has 0 radical (unpaired) electrons. The molecule has 7 unspecified atom stereocenters. The van der Waals surface area contributed by atoms with Crippen LogP contribution in [-0.2, 0) is 39.9 Å². The van der Waals surface area contributed by atoms with Gasteiger partial charge in [-0.1, -0.05) is 39.3 Å². The van der Waals surface area contributed by atoms with E-state index in [1.54, 1.807) is 0 Å². The van der Waals surface area contributed by atoms with Gasteiger partial charge in [-0.3, -0.25) is 38.5 Å². The Hall–Kier alpha value is -5.48. The number of aliphatic hydroxyl groups is 3. The van der Waals surface area contributed by atoms with Gasteiger partial charge in [-0.05, 0) is 45.6 Å². The average molecular weight is 949 g/mol. The van der Waals surface area contributed by atoms with Gasteiger partial charge in [0.25, 0.3) is 0 Å². The lowest BCUT2D eigenvalue weighted by Gasteiger charge is -2.52. The number of aromatic hydroxyl groups is 2. The summed E-state index contributed by atoms with van der Waals surface area (Å²) >= 11 is 0. The van der Waals surface area contributed by atoms with Gasteiger partial charge in [0.05, 0.1) is 47.5 Å². The summed E-state index contributed by atoms with van der Waals surface area (Å²) in [6, 6.07) is 1.87. The fourth-order valence-electron chi connectivity index (χ4n) is 11.0. The Morgan fingerprint density at radius 3 is 2.09 bits per heavy atom. The number of imide groups is 1. The molecule has 21 heteroatoms. The van der Waals surface area contributed by atoms with Crippen LogP contribution in [0.2, 0.25) is 0 Å². The van der Waals surface area contributed by atoms with Crippen LogP contribution in [0.25, 0.3) is 0 Å². The number of amides is 3. The van der Waals surface area contributed by atoms with Gasteiger partial charge >= 0.3 is 18.1 Å². The highest BCUT2D eigenvalue weighted by molar-refractivity contribution is 6.31. The molecular formula is C46H55F3N2O16. The largest absolute Gasteiger partial charge is 0.507 e. The van der Waals surface area contributed by atoms with Crippen LogP contribution in [0.1, 0.15) is 129 Å². The molecule has 0 spiro atoms. The van der Waals surface area contributed by atoms with Crippen LogP contribution >= 0.6 is 0 Å². The van der Waals surface area contributed by atoms with Gasteiger partial charge in [0.1, 0.15) is 35.6 Å². The molecule has 18 nitrogen and oxygen atoms in total. The third kappa shape index (κ3) is 8.68. The number of unbranched alkanes of at least 4 members (excludes halogenated alkanes) is 1. The first-order valence-corrected chi connectivity index (χ1v) is 21.7. The molecule has 3 amide bonds. The van der Waals surface area contributed by atoms with Gasteiger partial charge in [-0.25, -0.2) is 0 Å². The average Bonchev–Trinajstić information content (AvgIpc) is 3.25. The molecule has 9 atom stereocenters. The lowest BCUT2D eigenvalue weighted by Crippen LogP contribution is -2.65. The normalized spacial score (nSPS) is 30.4. The maximum atomic E-state index is 15.0. The van der Waals surface area contributed by atoms with E-state index in [0.717, 1.165) is 13.8 Å². The van der Waals surface area contributed by atoms with Crippen LogP contribution in [0.4, 0.5) is 13.2 Å². The minimum absolute atomic E-state index is 0.0688. The van der Waals surface area contributed by atoms with Crippen molar-refractivity contribution in [2.75, 3.05) is 27.3 Å². The Balaban J connectivity index is 1.45. The fraction of sp³-hybridized carbons (Fsp3) is 0.587. The van der Waals surface area contributed by atoms with Crippen LogP contribution in [-0.4, -0.2) is 145 Å². The van der Waals surface area contributed by atoms with Crippen molar-refractivity contribution in [1.82, 2.24) is 9.80 Å². The number of Topliss-reactive ketones (excluding diaryl/α,β-unsaturated/α-hetero) is 1. The van der Waals surface area contributed by atoms with Gasteiger partial charge in [-0.15, -0.1) is 0 Å². The number of aliphatic hydroxyl groups excluding tert-OH is 2. The molecule has 6 N–H and O–H groups in total. The number of nitrogens with zero attached hydrogens (tertiary/aromatic N) is 2. The molecule has 3 aliphatic carbocycles. The Bertz CT molecular complexity index is 2430. The van der Waals surface area contributed by atoms with Crippen molar-refractivity contribution in [3.8, 4) is 17.2 Å². The van der Waals surface area contributed by atoms with Gasteiger partial charge in [-0.2, -0.15) is 13.2 Å². The number of carboxylic acid groups (broad SMARTS) is 1. The predicted molar refractivity (Wildman–Crippen MR) is 224 cm³/mol. The first-order valence-electron chi connectivity index (χ1n) is 21.7. The Kier molecular flexibility index (Phi) is 13.6. The number of hydrogen-bond donors (Lipinski definition) is 6. The number of phenolic OH excluding ortho intramolecular Hbond substituents is 2. The number of methoxy groups -OCH3 is 1. The van der Waals surface area contributed by atoms with Crippen LogP contribution in [0.15, 0.2) is 18.2 Å². The molecule has 67 heavy (non-hydrogen) atoms. The zero-order chi connectivity index (χ0) is 50.1. The first kappa shape index (κ1) is 50.9. The van der Waals surface area contributed by atoms with Crippen molar-refractivity contribution in [3.63, 3.8) is 0 Å². The summed E-state index contributed by atoms with van der Waals surface area (Å²) in [6.07, 6.45) is -16.1. The third-order valence-corrected chi connectivity index (χ3v) is 13.8. The highest BCUT2D eigenvalue weighted by Crippen LogP contribution is 2.57. The maximum Gasteiger partial charge on any atom is 0.471 e. The summed E-state index contributed by atoms with van der Waals surface area (Å²) in [7, 11) is 2.69. The first-order chi connectivity index (χ1) is 31.0. The molecular weight excluding hydrogens is 893 g/mol. The van der Waals surface area contributed by atoms with E-state index in [1.807, 2.05) is 6.92 Å². The second kappa shape index (κ2) is 17.9. The number of rotatable bonds is 12. The predicted octanol–water partition coefficient (Wildman–Crippen LogP) is 3.51. The zero-order valence-electron chi connectivity index (χ0n) is 38.0. The summed E-state index contributed by atoms with van der Waals surface area (Å²) in [5.74, 6) is -11.5. The molecule has 2 aromatic rings. The van der Waals surface area contributed by atoms with Gasteiger partial charge < -0.3 is 49.7 Å². The topological polar surface area (TPSA) is 275 Å². The van der Waals surface area contributed by atoms with Crippen LogP contribution < -0.4 is 4.74 Å². The van der Waals surface area contributed by atoms with E-state index in [1.165, 1.54) is 51.1 Å². The summed E-state index contributed by atoms with van der Waals surface area (Å²) in [6.45, 7) is 5.83. The van der Waals surface area contributed by atoms with Crippen LogP contribution in [0, 0.1) is 16.2 Å². The molecule has 366 valence electrons. The quantitative estimate of drug-likeness (QED) is 0.142. The van der Waals surface area contributed by atoms with Crippen LogP contribution in [0.5, 0.6) is 17.2 Å². The van der Waals surface area contributed by atoms with Gasteiger partial charge in [0.15, 0.2) is 17.9 Å². The van der Waals surface area contributed by atoms with Crippen molar-refractivity contribution >= 4 is 41.0 Å². The SMILES string of the molecule is CCCCN(C)C(=O)C1(C)CC(C)(C(=O)O)CC(C)(C(=O)N(C(=O)C(F)(F)F)C2CC(O[C@H]3C[C@](O)(C(=O)CO)Cc4c(O)c5c(c(O)c43)C(=O)c3c(OC)cccc3C5=O)OC(C)C2O)C1. The summed E-state index contributed by atoms with van der Waals surface area (Å²) < 4.78 is 61.5. The second-order valence-corrected chi connectivity index (χ2v) is 19.1. The molecule has 4 aliphatic rings. The van der Waals surface area contributed by atoms with Crippen LogP contribution in [0.3, 0.4) is 0 Å². The Morgan fingerprint density at radius 1 is 0.925 bits per heavy atom. The lowest BCUT2D eigenvalue weighted by atomic mass is 9.53. The van der Waals surface area contributed by atoms with Crippen molar-refractivity contribution in [3.05, 3.63) is 51.6 Å². The van der Waals surface area contributed by atoms with E-state index in [-0.39, 0.29) is 34.7 Å². The molecule has 1 saturated heterocycles. The minimum atomic E-state index is -5.77.